The van der Waals surface area contributed by atoms with Crippen LogP contribution >= 0.6 is 0 Å². The van der Waals surface area contributed by atoms with E-state index in [2.05, 4.69) is 69.1 Å². The highest BCUT2D eigenvalue weighted by molar-refractivity contribution is 6.04. The minimum atomic E-state index is -0.145. The van der Waals surface area contributed by atoms with Gasteiger partial charge in [0.25, 0.3) is 5.91 Å². The summed E-state index contributed by atoms with van der Waals surface area (Å²) in [5.74, 6) is 0.922. The molecule has 0 saturated carbocycles. The highest BCUT2D eigenvalue weighted by Gasteiger charge is 2.17. The van der Waals surface area contributed by atoms with Crippen LogP contribution in [0.4, 0.5) is 5.69 Å². The molecule has 0 aliphatic heterocycles. The molecule has 186 valence electrons. The molecule has 0 aliphatic rings. The molecular formula is C30H34N4O2. The van der Waals surface area contributed by atoms with Crippen LogP contribution in [0.25, 0.3) is 17.1 Å². The lowest BCUT2D eigenvalue weighted by Crippen LogP contribution is -2.14. The molecule has 1 amide bonds. The van der Waals surface area contributed by atoms with Gasteiger partial charge in [-0.25, -0.2) is 4.68 Å². The van der Waals surface area contributed by atoms with Crippen LogP contribution in [0.15, 0.2) is 72.8 Å². The molecule has 0 aliphatic carbocycles. The number of nitrogens with one attached hydrogen (secondary N) is 1. The van der Waals surface area contributed by atoms with Gasteiger partial charge in [0.15, 0.2) is 5.82 Å². The zero-order chi connectivity index (χ0) is 25.9. The summed E-state index contributed by atoms with van der Waals surface area (Å²) in [5, 5.41) is 7.59. The number of carbonyl (C=O) groups excluding carboxylic acids is 1. The van der Waals surface area contributed by atoms with Gasteiger partial charge in [-0.2, -0.15) is 4.98 Å². The van der Waals surface area contributed by atoms with Crippen molar-refractivity contribution in [3.63, 3.8) is 0 Å². The molecular weight excluding hydrogens is 448 g/mol. The molecule has 0 atom stereocenters. The second-order valence-corrected chi connectivity index (χ2v) is 10.5. The van der Waals surface area contributed by atoms with Crippen molar-refractivity contribution in [3.8, 4) is 23.1 Å². The topological polar surface area (TPSA) is 69.0 Å². The molecule has 0 saturated heterocycles. The number of rotatable bonds is 7. The summed E-state index contributed by atoms with van der Waals surface area (Å²) in [5.41, 5.74) is 5.51. The van der Waals surface area contributed by atoms with Crippen LogP contribution in [0.1, 0.15) is 56.1 Å². The van der Waals surface area contributed by atoms with Crippen molar-refractivity contribution in [1.82, 2.24) is 14.8 Å². The molecule has 3 aromatic carbocycles. The van der Waals surface area contributed by atoms with Crippen molar-refractivity contribution in [3.05, 3.63) is 89.5 Å². The lowest BCUT2D eigenvalue weighted by molar-refractivity contribution is 0.102. The second kappa shape index (κ2) is 10.4. The zero-order valence-electron chi connectivity index (χ0n) is 21.9. The molecule has 1 N–H and O–H groups in total. The van der Waals surface area contributed by atoms with Crippen LogP contribution < -0.4 is 10.1 Å². The number of amides is 1. The first kappa shape index (κ1) is 25.2. The van der Waals surface area contributed by atoms with E-state index in [1.54, 1.807) is 4.68 Å². The number of hydrogen-bond donors (Lipinski definition) is 1. The van der Waals surface area contributed by atoms with Gasteiger partial charge in [0.2, 0.25) is 0 Å². The van der Waals surface area contributed by atoms with Crippen LogP contribution in [0.2, 0.25) is 0 Å². The summed E-state index contributed by atoms with van der Waals surface area (Å²) in [7, 11) is 0. The van der Waals surface area contributed by atoms with E-state index in [-0.39, 0.29) is 11.3 Å². The van der Waals surface area contributed by atoms with E-state index in [0.717, 1.165) is 11.3 Å². The smallest absolute Gasteiger partial charge is 0.336 e. The average molecular weight is 483 g/mol. The lowest BCUT2D eigenvalue weighted by atomic mass is 9.87. The minimum absolute atomic E-state index is 0.0450. The molecule has 4 rings (SSSR count). The van der Waals surface area contributed by atoms with Crippen LogP contribution in [0, 0.1) is 12.8 Å². The first-order chi connectivity index (χ1) is 17.1. The molecule has 0 radical (unpaired) electrons. The summed E-state index contributed by atoms with van der Waals surface area (Å²) < 4.78 is 7.58. The van der Waals surface area contributed by atoms with Gasteiger partial charge in [-0.15, -0.1) is 5.10 Å². The van der Waals surface area contributed by atoms with Crippen molar-refractivity contribution < 1.29 is 9.53 Å². The van der Waals surface area contributed by atoms with Crippen LogP contribution in [-0.4, -0.2) is 27.3 Å². The third-order valence-electron chi connectivity index (χ3n) is 5.83. The first-order valence-electron chi connectivity index (χ1n) is 12.3. The molecule has 0 spiro atoms. The van der Waals surface area contributed by atoms with Gasteiger partial charge < -0.3 is 10.1 Å². The van der Waals surface area contributed by atoms with Crippen LogP contribution in [-0.2, 0) is 5.41 Å². The van der Waals surface area contributed by atoms with Crippen molar-refractivity contribution >= 4 is 11.6 Å². The maximum Gasteiger partial charge on any atom is 0.336 e. The van der Waals surface area contributed by atoms with Crippen molar-refractivity contribution in [2.24, 2.45) is 5.92 Å². The third kappa shape index (κ3) is 6.00. The lowest BCUT2D eigenvalue weighted by Gasteiger charge is -2.19. The van der Waals surface area contributed by atoms with Crippen molar-refractivity contribution in [2.45, 2.75) is 47.0 Å². The van der Waals surface area contributed by atoms with Gasteiger partial charge in [-0.05, 0) is 60.2 Å². The first-order valence-corrected chi connectivity index (χ1v) is 12.3. The number of ether oxygens (including phenoxy) is 1. The highest BCUT2D eigenvalue weighted by atomic mass is 16.5. The van der Waals surface area contributed by atoms with E-state index < -0.39 is 0 Å². The molecule has 0 unspecified atom stereocenters. The van der Waals surface area contributed by atoms with Gasteiger partial charge in [0.05, 0.1) is 12.3 Å². The predicted octanol–water partition coefficient (Wildman–Crippen LogP) is 6.83. The summed E-state index contributed by atoms with van der Waals surface area (Å²) in [6, 6.07) is 23.8. The van der Waals surface area contributed by atoms with E-state index in [1.165, 1.54) is 11.1 Å². The average Bonchev–Trinajstić information content (AvgIpc) is 3.27. The highest BCUT2D eigenvalue weighted by Crippen LogP contribution is 2.26. The summed E-state index contributed by atoms with van der Waals surface area (Å²) in [6.45, 7) is 13.2. The maximum absolute atomic E-state index is 12.8. The number of aryl methyl sites for hydroxylation is 1. The number of anilines is 1. The summed E-state index contributed by atoms with van der Waals surface area (Å²) in [6.07, 6.45) is 0. The number of carbonyl (C=O) groups is 1. The van der Waals surface area contributed by atoms with Gasteiger partial charge in [-0.3, -0.25) is 4.79 Å². The Kier molecular flexibility index (Phi) is 7.25. The van der Waals surface area contributed by atoms with Gasteiger partial charge in [0.1, 0.15) is 0 Å². The standard InChI is InChI=1S/C30H34N4O2/c1-20(2)19-36-29-32-27(22-9-7-21(3)8-10-22)34(33-29)26-17-15-25(16-18-26)31-28(35)23-11-13-24(14-12-23)30(4,5)6/h7-18,20H,19H2,1-6H3,(H,31,35). The van der Waals surface area contributed by atoms with E-state index >= 15 is 0 Å². The summed E-state index contributed by atoms with van der Waals surface area (Å²) >= 11 is 0. The maximum atomic E-state index is 12.8. The van der Waals surface area contributed by atoms with Gasteiger partial charge >= 0.3 is 6.01 Å². The molecule has 6 heteroatoms. The van der Waals surface area contributed by atoms with Gasteiger partial charge in [-0.1, -0.05) is 76.6 Å². The number of hydrogen-bond acceptors (Lipinski definition) is 4. The Balaban J connectivity index is 1.56. The number of aromatic nitrogens is 3. The quantitative estimate of drug-likeness (QED) is 0.313. The van der Waals surface area contributed by atoms with Crippen LogP contribution in [0.3, 0.4) is 0 Å². The predicted molar refractivity (Wildman–Crippen MR) is 145 cm³/mol. The fourth-order valence-electron chi connectivity index (χ4n) is 3.68. The number of nitrogens with zero attached hydrogens (tertiary/aromatic N) is 3. The molecule has 1 heterocycles. The number of benzene rings is 3. The molecule has 6 nitrogen and oxygen atoms in total. The Morgan fingerprint density at radius 2 is 1.58 bits per heavy atom. The Morgan fingerprint density at radius 1 is 0.944 bits per heavy atom. The SMILES string of the molecule is Cc1ccc(-c2nc(OCC(C)C)nn2-c2ccc(NC(=O)c3ccc(C(C)(C)C)cc3)cc2)cc1. The largest absolute Gasteiger partial charge is 0.462 e. The Labute approximate surface area is 213 Å². The normalized spacial score (nSPS) is 11.5. The van der Waals surface area contributed by atoms with E-state index in [4.69, 9.17) is 4.74 Å². The molecule has 1 aromatic heterocycles. The fraction of sp³-hybridized carbons (Fsp3) is 0.300. The van der Waals surface area contributed by atoms with E-state index in [0.29, 0.717) is 35.6 Å². The molecule has 0 fully saturated rings. The minimum Gasteiger partial charge on any atom is -0.462 e. The van der Waals surface area contributed by atoms with E-state index in [9.17, 15) is 4.79 Å². The monoisotopic (exact) mass is 482 g/mol. The Hall–Kier alpha value is -3.93. The molecule has 36 heavy (non-hydrogen) atoms. The van der Waals surface area contributed by atoms with Crippen LogP contribution in [0.5, 0.6) is 6.01 Å². The molecule has 4 aromatic rings. The van der Waals surface area contributed by atoms with E-state index in [1.807, 2.05) is 60.7 Å². The fourth-order valence-corrected chi connectivity index (χ4v) is 3.68. The zero-order valence-corrected chi connectivity index (χ0v) is 21.9. The van der Waals surface area contributed by atoms with Gasteiger partial charge in [0, 0.05) is 16.8 Å². The van der Waals surface area contributed by atoms with Crippen molar-refractivity contribution in [1.29, 1.82) is 0 Å². The third-order valence-corrected chi connectivity index (χ3v) is 5.83. The second-order valence-electron chi connectivity index (χ2n) is 10.5. The Morgan fingerprint density at radius 3 is 2.17 bits per heavy atom. The van der Waals surface area contributed by atoms with Crippen molar-refractivity contribution in [2.75, 3.05) is 11.9 Å². The Bertz CT molecular complexity index is 1310. The summed E-state index contributed by atoms with van der Waals surface area (Å²) in [4.78, 5) is 17.4. The molecule has 0 bridgehead atoms.